The molecule has 0 aliphatic carbocycles. The van der Waals surface area contributed by atoms with Gasteiger partial charge in [0.25, 0.3) is 0 Å². The average Bonchev–Trinajstić information content (AvgIpc) is 2.29. The molecule has 0 spiro atoms. The molecule has 6 nitrogen and oxygen atoms in total. The lowest BCUT2D eigenvalue weighted by atomic mass is 10.2. The van der Waals surface area contributed by atoms with Gasteiger partial charge in [0.15, 0.2) is 9.84 Å². The van der Waals surface area contributed by atoms with Gasteiger partial charge in [-0.15, -0.1) is 0 Å². The van der Waals surface area contributed by atoms with E-state index in [-0.39, 0.29) is 11.4 Å². The van der Waals surface area contributed by atoms with Gasteiger partial charge in [0.05, 0.1) is 11.5 Å². The van der Waals surface area contributed by atoms with E-state index in [4.69, 9.17) is 10.2 Å². The standard InChI is InChI=1S/C11H15NO5S/c1-18(16,17)9-4-2-8(3-5-9)6-12-10(7-13)11(14)15/h2-5,10,12-13H,6-7H2,1H3,(H,14,15). The number of aliphatic hydroxyl groups is 1. The molecule has 0 amide bonds. The largest absolute Gasteiger partial charge is 0.480 e. The molecule has 0 bridgehead atoms. The van der Waals surface area contributed by atoms with Gasteiger partial charge in [-0.25, -0.2) is 8.42 Å². The number of carboxylic acid groups (broad SMARTS) is 1. The fourth-order valence-electron chi connectivity index (χ4n) is 1.33. The van der Waals surface area contributed by atoms with Crippen molar-refractivity contribution >= 4 is 15.8 Å². The van der Waals surface area contributed by atoms with Crippen LogP contribution in [0.2, 0.25) is 0 Å². The van der Waals surface area contributed by atoms with E-state index in [2.05, 4.69) is 5.32 Å². The van der Waals surface area contributed by atoms with E-state index < -0.39 is 28.5 Å². The summed E-state index contributed by atoms with van der Waals surface area (Å²) in [6.07, 6.45) is 1.12. The number of benzene rings is 1. The van der Waals surface area contributed by atoms with Crippen molar-refractivity contribution in [3.8, 4) is 0 Å². The molecule has 3 N–H and O–H groups in total. The molecular weight excluding hydrogens is 258 g/mol. The Labute approximate surface area is 105 Å². The van der Waals surface area contributed by atoms with E-state index in [9.17, 15) is 13.2 Å². The van der Waals surface area contributed by atoms with Crippen LogP contribution in [0.4, 0.5) is 0 Å². The summed E-state index contributed by atoms with van der Waals surface area (Å²) < 4.78 is 22.4. The third-order valence-corrected chi connectivity index (χ3v) is 3.51. The third-order valence-electron chi connectivity index (χ3n) is 2.38. The molecule has 18 heavy (non-hydrogen) atoms. The average molecular weight is 273 g/mol. The molecule has 0 saturated heterocycles. The van der Waals surface area contributed by atoms with E-state index in [1.54, 1.807) is 12.1 Å². The van der Waals surface area contributed by atoms with Gasteiger partial charge in [0.2, 0.25) is 0 Å². The number of carbonyl (C=O) groups is 1. The Balaban J connectivity index is 2.67. The number of carboxylic acids is 1. The first kappa shape index (κ1) is 14.6. The van der Waals surface area contributed by atoms with Crippen molar-refractivity contribution < 1.29 is 23.4 Å². The molecule has 1 aromatic carbocycles. The zero-order valence-corrected chi connectivity index (χ0v) is 10.6. The number of rotatable bonds is 6. The van der Waals surface area contributed by atoms with Crippen molar-refractivity contribution in [2.75, 3.05) is 12.9 Å². The molecule has 100 valence electrons. The Morgan fingerprint density at radius 2 is 1.89 bits per heavy atom. The van der Waals surface area contributed by atoms with E-state index in [1.807, 2.05) is 0 Å². The molecule has 0 radical (unpaired) electrons. The molecule has 1 unspecified atom stereocenters. The number of aliphatic hydroxyl groups excluding tert-OH is 1. The smallest absolute Gasteiger partial charge is 0.323 e. The van der Waals surface area contributed by atoms with Crippen LogP contribution >= 0.6 is 0 Å². The third kappa shape index (κ3) is 4.10. The molecule has 1 rings (SSSR count). The lowest BCUT2D eigenvalue weighted by molar-refractivity contribution is -0.140. The van der Waals surface area contributed by atoms with Crippen molar-refractivity contribution in [3.63, 3.8) is 0 Å². The minimum atomic E-state index is -3.22. The summed E-state index contributed by atoms with van der Waals surface area (Å²) in [5.74, 6) is -1.13. The van der Waals surface area contributed by atoms with Crippen LogP contribution in [0.15, 0.2) is 29.2 Å². The van der Waals surface area contributed by atoms with Crippen LogP contribution in [0.3, 0.4) is 0 Å². The molecule has 0 saturated carbocycles. The Morgan fingerprint density at radius 1 is 1.33 bits per heavy atom. The second-order valence-electron chi connectivity index (χ2n) is 3.87. The topological polar surface area (TPSA) is 104 Å². The first-order chi connectivity index (χ1) is 8.34. The maximum absolute atomic E-state index is 11.2. The second-order valence-corrected chi connectivity index (χ2v) is 5.89. The van der Waals surface area contributed by atoms with Crippen LogP contribution in [-0.4, -0.2) is 43.5 Å². The molecule has 0 aliphatic heterocycles. The molecular formula is C11H15NO5S. The minimum Gasteiger partial charge on any atom is -0.480 e. The maximum atomic E-state index is 11.2. The summed E-state index contributed by atoms with van der Waals surface area (Å²) >= 11 is 0. The fourth-order valence-corrected chi connectivity index (χ4v) is 1.96. The lowest BCUT2D eigenvalue weighted by Crippen LogP contribution is -2.39. The van der Waals surface area contributed by atoms with Gasteiger partial charge >= 0.3 is 5.97 Å². The van der Waals surface area contributed by atoms with Crippen LogP contribution in [0.5, 0.6) is 0 Å². The quantitative estimate of drug-likeness (QED) is 0.653. The van der Waals surface area contributed by atoms with Crippen LogP contribution in [0.1, 0.15) is 5.56 Å². The van der Waals surface area contributed by atoms with Gasteiger partial charge in [0, 0.05) is 12.8 Å². The monoisotopic (exact) mass is 273 g/mol. The summed E-state index contributed by atoms with van der Waals surface area (Å²) in [6, 6.07) is 5.08. The number of hydrogen-bond acceptors (Lipinski definition) is 5. The second kappa shape index (κ2) is 5.94. The van der Waals surface area contributed by atoms with Crippen molar-refractivity contribution in [1.82, 2.24) is 5.32 Å². The molecule has 0 fully saturated rings. The number of sulfone groups is 1. The zero-order valence-electron chi connectivity index (χ0n) is 9.83. The van der Waals surface area contributed by atoms with Crippen LogP contribution < -0.4 is 5.32 Å². The predicted octanol–water partition coefficient (Wildman–Crippen LogP) is -0.375. The predicted molar refractivity (Wildman–Crippen MR) is 64.9 cm³/mol. The van der Waals surface area contributed by atoms with Crippen molar-refractivity contribution in [3.05, 3.63) is 29.8 Å². The maximum Gasteiger partial charge on any atom is 0.323 e. The normalized spacial score (nSPS) is 13.2. The van der Waals surface area contributed by atoms with Crippen LogP contribution in [-0.2, 0) is 21.2 Å². The summed E-state index contributed by atoms with van der Waals surface area (Å²) in [5.41, 5.74) is 0.738. The van der Waals surface area contributed by atoms with Gasteiger partial charge in [-0.05, 0) is 17.7 Å². The summed E-state index contributed by atoms with van der Waals surface area (Å²) in [5, 5.41) is 20.1. The highest BCUT2D eigenvalue weighted by Crippen LogP contribution is 2.10. The number of hydrogen-bond donors (Lipinski definition) is 3. The zero-order chi connectivity index (χ0) is 13.8. The molecule has 0 heterocycles. The highest BCUT2D eigenvalue weighted by molar-refractivity contribution is 7.90. The van der Waals surface area contributed by atoms with Crippen molar-refractivity contribution in [2.24, 2.45) is 0 Å². The van der Waals surface area contributed by atoms with Crippen molar-refractivity contribution in [1.29, 1.82) is 0 Å². The summed E-state index contributed by atoms with van der Waals surface area (Å²) in [7, 11) is -3.22. The number of aliphatic carboxylic acids is 1. The number of nitrogens with one attached hydrogen (secondary N) is 1. The van der Waals surface area contributed by atoms with Crippen LogP contribution in [0, 0.1) is 0 Å². The molecule has 1 atom stereocenters. The van der Waals surface area contributed by atoms with Gasteiger partial charge in [0.1, 0.15) is 6.04 Å². The van der Waals surface area contributed by atoms with Crippen LogP contribution in [0.25, 0.3) is 0 Å². The van der Waals surface area contributed by atoms with Gasteiger partial charge in [-0.3, -0.25) is 10.1 Å². The molecule has 0 aliphatic rings. The highest BCUT2D eigenvalue weighted by Gasteiger charge is 2.15. The Morgan fingerprint density at radius 3 is 2.28 bits per heavy atom. The fraction of sp³-hybridized carbons (Fsp3) is 0.364. The lowest BCUT2D eigenvalue weighted by Gasteiger charge is -2.11. The van der Waals surface area contributed by atoms with E-state index in [1.165, 1.54) is 12.1 Å². The summed E-state index contributed by atoms with van der Waals surface area (Å²) in [6.45, 7) is -0.266. The van der Waals surface area contributed by atoms with E-state index in [0.29, 0.717) is 0 Å². The SMILES string of the molecule is CS(=O)(=O)c1ccc(CNC(CO)C(=O)O)cc1. The van der Waals surface area contributed by atoms with Gasteiger partial charge in [-0.1, -0.05) is 12.1 Å². The first-order valence-corrected chi connectivity index (χ1v) is 7.10. The first-order valence-electron chi connectivity index (χ1n) is 5.20. The highest BCUT2D eigenvalue weighted by atomic mass is 32.2. The Hall–Kier alpha value is -1.44. The molecule has 0 aromatic heterocycles. The Bertz CT molecular complexity index is 509. The van der Waals surface area contributed by atoms with Gasteiger partial charge < -0.3 is 10.2 Å². The Kier molecular flexibility index (Phi) is 4.83. The minimum absolute atomic E-state index is 0.211. The summed E-state index contributed by atoms with van der Waals surface area (Å²) in [4.78, 5) is 10.8. The molecule has 1 aromatic rings. The van der Waals surface area contributed by atoms with Crippen molar-refractivity contribution in [2.45, 2.75) is 17.5 Å². The van der Waals surface area contributed by atoms with Gasteiger partial charge in [-0.2, -0.15) is 0 Å². The van der Waals surface area contributed by atoms with E-state index >= 15 is 0 Å². The van der Waals surface area contributed by atoms with E-state index in [0.717, 1.165) is 11.8 Å². The molecule has 7 heteroatoms.